The molecule has 0 unspecified atom stereocenters. The van der Waals surface area contributed by atoms with Crippen molar-refractivity contribution in [3.63, 3.8) is 0 Å². The summed E-state index contributed by atoms with van der Waals surface area (Å²) in [4.78, 5) is 0. The molecule has 0 atom stereocenters. The highest BCUT2D eigenvalue weighted by atomic mass is 35.5. The van der Waals surface area contributed by atoms with Crippen LogP contribution in [0.4, 0.5) is 0 Å². The van der Waals surface area contributed by atoms with Crippen LogP contribution in [0.15, 0.2) is 36.4 Å². The van der Waals surface area contributed by atoms with E-state index in [2.05, 4.69) is 5.32 Å². The van der Waals surface area contributed by atoms with Gasteiger partial charge >= 0.3 is 0 Å². The molecule has 0 saturated carbocycles. The normalized spacial score (nSPS) is 10.8. The molecule has 0 radical (unpaired) electrons. The van der Waals surface area contributed by atoms with Gasteiger partial charge in [0.1, 0.15) is 12.4 Å². The van der Waals surface area contributed by atoms with E-state index in [0.29, 0.717) is 28.2 Å². The van der Waals surface area contributed by atoms with E-state index < -0.39 is 0 Å². The summed E-state index contributed by atoms with van der Waals surface area (Å²) in [6.07, 6.45) is 1.72. The highest BCUT2D eigenvalue weighted by molar-refractivity contribution is 6.42. The van der Waals surface area contributed by atoms with Crippen LogP contribution in [0.5, 0.6) is 5.75 Å². The Balaban J connectivity index is 1.97. The van der Waals surface area contributed by atoms with Crippen molar-refractivity contribution in [2.75, 3.05) is 13.2 Å². The second-order valence-electron chi connectivity index (χ2n) is 5.40. The third-order valence-electron chi connectivity index (χ3n) is 3.48. The Labute approximate surface area is 157 Å². The monoisotopic (exact) mass is 387 g/mol. The van der Waals surface area contributed by atoms with E-state index >= 15 is 0 Å². The summed E-state index contributed by atoms with van der Waals surface area (Å²) in [5.41, 5.74) is 1.94. The molecule has 2 N–H and O–H groups in total. The van der Waals surface area contributed by atoms with Crippen LogP contribution in [0.25, 0.3) is 0 Å². The molecular formula is C18H20Cl3NO2. The Morgan fingerprint density at radius 1 is 0.958 bits per heavy atom. The highest BCUT2D eigenvalue weighted by Crippen LogP contribution is 2.26. The Bertz CT molecular complexity index is 665. The minimum atomic E-state index is 0.219. The molecule has 0 aromatic heterocycles. The SMILES string of the molecule is OCCCCNCc1cc(Cl)ccc1OCc1ccc(Cl)c(Cl)c1. The van der Waals surface area contributed by atoms with Gasteiger partial charge in [0.15, 0.2) is 0 Å². The first-order chi connectivity index (χ1) is 11.6. The molecule has 0 saturated heterocycles. The van der Waals surface area contributed by atoms with Gasteiger partial charge in [0.2, 0.25) is 0 Å². The molecule has 6 heteroatoms. The van der Waals surface area contributed by atoms with Gasteiger partial charge in [-0.1, -0.05) is 40.9 Å². The topological polar surface area (TPSA) is 41.5 Å². The number of hydrogen-bond acceptors (Lipinski definition) is 3. The van der Waals surface area contributed by atoms with Gasteiger partial charge < -0.3 is 15.2 Å². The molecule has 3 nitrogen and oxygen atoms in total. The van der Waals surface area contributed by atoms with E-state index in [9.17, 15) is 0 Å². The number of hydrogen-bond donors (Lipinski definition) is 2. The largest absolute Gasteiger partial charge is 0.489 e. The number of rotatable bonds is 9. The number of aliphatic hydroxyl groups excluding tert-OH is 1. The van der Waals surface area contributed by atoms with Crippen LogP contribution in [0.2, 0.25) is 15.1 Å². The maximum absolute atomic E-state index is 8.80. The van der Waals surface area contributed by atoms with Crippen LogP contribution in [0.3, 0.4) is 0 Å². The summed E-state index contributed by atoms with van der Waals surface area (Å²) >= 11 is 18.0. The number of aliphatic hydroxyl groups is 1. The Kier molecular flexibility index (Phi) is 8.16. The van der Waals surface area contributed by atoms with Gasteiger partial charge in [-0.2, -0.15) is 0 Å². The lowest BCUT2D eigenvalue weighted by Gasteiger charge is -2.13. The summed E-state index contributed by atoms with van der Waals surface area (Å²) in [7, 11) is 0. The van der Waals surface area contributed by atoms with Crippen LogP contribution >= 0.6 is 34.8 Å². The molecular weight excluding hydrogens is 369 g/mol. The van der Waals surface area contributed by atoms with Crippen LogP contribution < -0.4 is 10.1 Å². The van der Waals surface area contributed by atoms with Crippen LogP contribution in [0, 0.1) is 0 Å². The second kappa shape index (κ2) is 10.1. The molecule has 2 aromatic rings. The van der Waals surface area contributed by atoms with Gasteiger partial charge in [0, 0.05) is 23.7 Å². The number of unbranched alkanes of at least 4 members (excludes halogenated alkanes) is 1. The summed E-state index contributed by atoms with van der Waals surface area (Å²) in [5, 5.41) is 13.8. The molecule has 24 heavy (non-hydrogen) atoms. The Hall–Kier alpha value is -0.970. The van der Waals surface area contributed by atoms with Crippen molar-refractivity contribution in [1.82, 2.24) is 5.32 Å². The molecule has 0 fully saturated rings. The molecule has 0 aliphatic rings. The fraction of sp³-hybridized carbons (Fsp3) is 0.333. The molecule has 2 rings (SSSR count). The summed E-state index contributed by atoms with van der Waals surface area (Å²) < 4.78 is 5.91. The van der Waals surface area contributed by atoms with E-state index in [0.717, 1.165) is 36.3 Å². The number of benzene rings is 2. The van der Waals surface area contributed by atoms with Crippen LogP contribution in [-0.4, -0.2) is 18.3 Å². The molecule has 0 aliphatic carbocycles. The lowest BCUT2D eigenvalue weighted by molar-refractivity contribution is 0.283. The minimum Gasteiger partial charge on any atom is -0.489 e. The van der Waals surface area contributed by atoms with E-state index in [-0.39, 0.29) is 6.61 Å². The van der Waals surface area contributed by atoms with Crippen molar-refractivity contribution in [3.05, 3.63) is 62.6 Å². The fourth-order valence-electron chi connectivity index (χ4n) is 2.20. The molecule has 130 valence electrons. The average molecular weight is 389 g/mol. The van der Waals surface area contributed by atoms with E-state index in [1.807, 2.05) is 18.2 Å². The smallest absolute Gasteiger partial charge is 0.124 e. The average Bonchev–Trinajstić information content (AvgIpc) is 2.57. The summed E-state index contributed by atoms with van der Waals surface area (Å²) in [5.74, 6) is 0.778. The van der Waals surface area contributed by atoms with Crippen LogP contribution in [0.1, 0.15) is 24.0 Å². The highest BCUT2D eigenvalue weighted by Gasteiger charge is 2.06. The van der Waals surface area contributed by atoms with Crippen molar-refractivity contribution in [1.29, 1.82) is 0 Å². The van der Waals surface area contributed by atoms with Gasteiger partial charge in [-0.05, 0) is 55.3 Å². The first-order valence-corrected chi connectivity index (χ1v) is 8.90. The molecule has 2 aromatic carbocycles. The predicted molar refractivity (Wildman–Crippen MR) is 100 cm³/mol. The van der Waals surface area contributed by atoms with Crippen molar-refractivity contribution in [2.45, 2.75) is 26.0 Å². The zero-order chi connectivity index (χ0) is 17.4. The predicted octanol–water partition coefficient (Wildman–Crippen LogP) is 5.09. The third kappa shape index (κ3) is 6.15. The lowest BCUT2D eigenvalue weighted by atomic mass is 10.2. The molecule has 0 bridgehead atoms. The zero-order valence-electron chi connectivity index (χ0n) is 13.2. The maximum Gasteiger partial charge on any atom is 0.124 e. The van der Waals surface area contributed by atoms with E-state index in [1.165, 1.54) is 0 Å². The standard InChI is InChI=1S/C18H20Cl3NO2/c19-15-4-6-18(14(10-15)11-22-7-1-2-8-23)24-12-13-3-5-16(20)17(21)9-13/h3-6,9-10,22-23H,1-2,7-8,11-12H2. The molecule has 0 heterocycles. The van der Waals surface area contributed by atoms with Crippen LogP contribution in [-0.2, 0) is 13.2 Å². The molecule has 0 spiro atoms. The summed E-state index contributed by atoms with van der Waals surface area (Å²) in [6, 6.07) is 11.0. The third-order valence-corrected chi connectivity index (χ3v) is 4.45. The maximum atomic E-state index is 8.80. The Morgan fingerprint density at radius 3 is 2.54 bits per heavy atom. The van der Waals surface area contributed by atoms with Gasteiger partial charge in [0.05, 0.1) is 10.0 Å². The number of nitrogens with one attached hydrogen (secondary N) is 1. The van der Waals surface area contributed by atoms with Gasteiger partial charge in [-0.15, -0.1) is 0 Å². The lowest BCUT2D eigenvalue weighted by Crippen LogP contribution is -2.15. The van der Waals surface area contributed by atoms with Crippen molar-refractivity contribution >= 4 is 34.8 Å². The zero-order valence-corrected chi connectivity index (χ0v) is 15.5. The minimum absolute atomic E-state index is 0.219. The van der Waals surface area contributed by atoms with Gasteiger partial charge in [-0.25, -0.2) is 0 Å². The first-order valence-electron chi connectivity index (χ1n) is 7.77. The second-order valence-corrected chi connectivity index (χ2v) is 6.65. The van der Waals surface area contributed by atoms with E-state index in [4.69, 9.17) is 44.6 Å². The van der Waals surface area contributed by atoms with Crippen molar-refractivity contribution in [3.8, 4) is 5.75 Å². The van der Waals surface area contributed by atoms with E-state index in [1.54, 1.807) is 18.2 Å². The molecule has 0 amide bonds. The fourth-order valence-corrected chi connectivity index (χ4v) is 2.72. The summed E-state index contributed by atoms with van der Waals surface area (Å²) in [6.45, 7) is 2.11. The van der Waals surface area contributed by atoms with Gasteiger partial charge in [-0.3, -0.25) is 0 Å². The van der Waals surface area contributed by atoms with Crippen molar-refractivity contribution < 1.29 is 9.84 Å². The van der Waals surface area contributed by atoms with Gasteiger partial charge in [0.25, 0.3) is 0 Å². The first kappa shape index (κ1) is 19.4. The number of ether oxygens (including phenoxy) is 1. The Morgan fingerprint density at radius 2 is 1.79 bits per heavy atom. The number of halogens is 3. The quantitative estimate of drug-likeness (QED) is 0.588. The molecule has 0 aliphatic heterocycles. The van der Waals surface area contributed by atoms with Crippen molar-refractivity contribution in [2.24, 2.45) is 0 Å².